The van der Waals surface area contributed by atoms with Crippen molar-refractivity contribution in [3.8, 4) is 0 Å². The Morgan fingerprint density at radius 3 is 2.91 bits per heavy atom. The lowest BCUT2D eigenvalue weighted by Gasteiger charge is -1.92. The predicted octanol–water partition coefficient (Wildman–Crippen LogP) is 1.58. The first-order valence-corrected chi connectivity index (χ1v) is 3.36. The van der Waals surface area contributed by atoms with Crippen molar-refractivity contribution in [2.45, 2.75) is 0 Å². The minimum Gasteiger partial charge on any atom is -0.261 e. The Kier molecular flexibility index (Phi) is 1.39. The Hall–Kier alpha value is -1.66. The van der Waals surface area contributed by atoms with E-state index in [1.54, 1.807) is 18.6 Å². The molecule has 2 nitrogen and oxygen atoms in total. The first kappa shape index (κ1) is 6.08. The van der Waals surface area contributed by atoms with Gasteiger partial charge >= 0.3 is 0 Å². The van der Waals surface area contributed by atoms with Gasteiger partial charge in [0.05, 0.1) is 11.9 Å². The predicted molar refractivity (Wildman–Crippen MR) is 42.7 cm³/mol. The van der Waals surface area contributed by atoms with E-state index in [1.807, 2.05) is 18.2 Å². The van der Waals surface area contributed by atoms with Gasteiger partial charge in [0.15, 0.2) is 0 Å². The van der Waals surface area contributed by atoms with E-state index in [2.05, 4.69) is 15.7 Å². The lowest BCUT2D eigenvalue weighted by atomic mass is 10.2. The molecule has 0 radical (unpaired) electrons. The van der Waals surface area contributed by atoms with Gasteiger partial charge in [-0.3, -0.25) is 9.97 Å². The molecule has 0 aromatic carbocycles. The van der Waals surface area contributed by atoms with Crippen LogP contribution in [0.5, 0.6) is 0 Å². The first-order chi connectivity index (χ1) is 5.47. The minimum atomic E-state index is 0.873. The average molecular weight is 142 g/mol. The Morgan fingerprint density at radius 1 is 1.27 bits per heavy atom. The van der Waals surface area contributed by atoms with E-state index in [0.717, 1.165) is 11.3 Å². The van der Waals surface area contributed by atoms with E-state index in [1.165, 1.54) is 0 Å². The summed E-state index contributed by atoms with van der Waals surface area (Å²) in [4.78, 5) is 8.09. The fourth-order valence-electron chi connectivity index (χ4n) is 0.928. The summed E-state index contributed by atoms with van der Waals surface area (Å²) in [6, 6.07) is 0. The van der Waals surface area contributed by atoms with Crippen molar-refractivity contribution in [1.82, 2.24) is 9.97 Å². The monoisotopic (exact) mass is 142 g/mol. The largest absolute Gasteiger partial charge is 0.261 e. The second-order valence-electron chi connectivity index (χ2n) is 2.17. The van der Waals surface area contributed by atoms with Crippen LogP contribution < -0.4 is 0 Å². The van der Waals surface area contributed by atoms with Gasteiger partial charge in [-0.25, -0.2) is 0 Å². The zero-order valence-corrected chi connectivity index (χ0v) is 5.86. The van der Waals surface area contributed by atoms with Crippen molar-refractivity contribution >= 4 is 5.57 Å². The summed E-state index contributed by atoms with van der Waals surface area (Å²) in [5, 5.41) is 0. The van der Waals surface area contributed by atoms with Gasteiger partial charge < -0.3 is 0 Å². The van der Waals surface area contributed by atoms with E-state index in [9.17, 15) is 0 Å². The summed E-state index contributed by atoms with van der Waals surface area (Å²) in [7, 11) is 0. The fraction of sp³-hybridized carbons (Fsp3) is 0. The lowest BCUT2D eigenvalue weighted by Crippen LogP contribution is -1.84. The van der Waals surface area contributed by atoms with Crippen LogP contribution in [0.4, 0.5) is 0 Å². The van der Waals surface area contributed by atoms with Crippen molar-refractivity contribution in [3.05, 3.63) is 48.2 Å². The van der Waals surface area contributed by atoms with Crippen LogP contribution in [-0.4, -0.2) is 9.97 Å². The van der Waals surface area contributed by atoms with E-state index in [0.29, 0.717) is 0 Å². The fourth-order valence-corrected chi connectivity index (χ4v) is 0.928. The van der Waals surface area contributed by atoms with Crippen LogP contribution in [0.25, 0.3) is 5.57 Å². The van der Waals surface area contributed by atoms with Gasteiger partial charge in [-0.2, -0.15) is 0 Å². The topological polar surface area (TPSA) is 25.8 Å². The number of nitrogens with zero attached hydrogens (tertiary/aromatic N) is 2. The first-order valence-electron chi connectivity index (χ1n) is 3.36. The van der Waals surface area contributed by atoms with Crippen molar-refractivity contribution in [1.29, 1.82) is 0 Å². The molecular formula is C9H6N2. The molecule has 0 spiro atoms. The van der Waals surface area contributed by atoms with Gasteiger partial charge in [-0.05, 0) is 12.2 Å². The maximum absolute atomic E-state index is 4.13. The minimum absolute atomic E-state index is 0.873. The summed E-state index contributed by atoms with van der Waals surface area (Å²) >= 11 is 0. The second kappa shape index (κ2) is 2.52. The number of allylic oxidation sites excluding steroid dienone is 3. The zero-order valence-electron chi connectivity index (χ0n) is 5.86. The molecular weight excluding hydrogens is 136 g/mol. The third-order valence-electron chi connectivity index (χ3n) is 1.44. The van der Waals surface area contributed by atoms with Crippen LogP contribution in [0.15, 0.2) is 42.5 Å². The highest BCUT2D eigenvalue weighted by molar-refractivity contribution is 5.73. The molecule has 0 saturated heterocycles. The van der Waals surface area contributed by atoms with Crippen molar-refractivity contribution < 1.29 is 0 Å². The van der Waals surface area contributed by atoms with Crippen molar-refractivity contribution in [2.75, 3.05) is 0 Å². The molecule has 0 aliphatic heterocycles. The highest BCUT2D eigenvalue weighted by Crippen LogP contribution is 2.12. The molecule has 1 aliphatic carbocycles. The van der Waals surface area contributed by atoms with Gasteiger partial charge in [0.1, 0.15) is 0 Å². The summed E-state index contributed by atoms with van der Waals surface area (Å²) in [5.41, 5.74) is 4.92. The lowest BCUT2D eigenvalue weighted by molar-refractivity contribution is 1.17. The molecule has 0 unspecified atom stereocenters. The molecule has 0 N–H and O–H groups in total. The van der Waals surface area contributed by atoms with E-state index < -0.39 is 0 Å². The van der Waals surface area contributed by atoms with Crippen LogP contribution >= 0.6 is 0 Å². The molecule has 0 fully saturated rings. The van der Waals surface area contributed by atoms with Crippen LogP contribution in [-0.2, 0) is 0 Å². The molecule has 0 saturated carbocycles. The normalized spacial score (nSPS) is 13.6. The van der Waals surface area contributed by atoms with Gasteiger partial charge in [0, 0.05) is 18.0 Å². The molecule has 1 aliphatic rings. The molecule has 11 heavy (non-hydrogen) atoms. The molecule has 0 amide bonds. The third-order valence-corrected chi connectivity index (χ3v) is 1.44. The van der Waals surface area contributed by atoms with Gasteiger partial charge in [-0.15, -0.1) is 5.73 Å². The molecule has 2 rings (SSSR count). The molecule has 1 aromatic rings. The zero-order chi connectivity index (χ0) is 7.52. The molecule has 2 heteroatoms. The second-order valence-corrected chi connectivity index (χ2v) is 2.17. The van der Waals surface area contributed by atoms with Gasteiger partial charge in [-0.1, -0.05) is 6.08 Å². The number of hydrogen-bond donors (Lipinski definition) is 0. The van der Waals surface area contributed by atoms with Crippen LogP contribution in [0.1, 0.15) is 5.69 Å². The van der Waals surface area contributed by atoms with E-state index in [-0.39, 0.29) is 0 Å². The van der Waals surface area contributed by atoms with E-state index >= 15 is 0 Å². The average Bonchev–Trinajstić information content (AvgIpc) is 2.58. The standard InChI is InChI=1S/C9H6N2/c1-2-4-8(3-1)9-7-10-5-6-11-9/h1-3,5-7H. The summed E-state index contributed by atoms with van der Waals surface area (Å²) in [6.07, 6.45) is 10.8. The molecule has 0 bridgehead atoms. The summed E-state index contributed by atoms with van der Waals surface area (Å²) in [6.45, 7) is 0. The Bertz CT molecular complexity index is 343. The third kappa shape index (κ3) is 1.11. The van der Waals surface area contributed by atoms with Gasteiger partial charge in [0.25, 0.3) is 0 Å². The quantitative estimate of drug-likeness (QED) is 0.556. The number of hydrogen-bond acceptors (Lipinski definition) is 2. The highest BCUT2D eigenvalue weighted by Gasteiger charge is 1.98. The Labute approximate surface area is 64.6 Å². The molecule has 0 atom stereocenters. The van der Waals surface area contributed by atoms with Crippen molar-refractivity contribution in [3.63, 3.8) is 0 Å². The number of aromatic nitrogens is 2. The maximum Gasteiger partial charge on any atom is 0.0962 e. The smallest absolute Gasteiger partial charge is 0.0962 e. The highest BCUT2D eigenvalue weighted by atomic mass is 14.8. The molecule has 52 valence electrons. The Morgan fingerprint density at radius 2 is 2.27 bits per heavy atom. The van der Waals surface area contributed by atoms with Gasteiger partial charge in [0.2, 0.25) is 0 Å². The van der Waals surface area contributed by atoms with Crippen LogP contribution in [0.2, 0.25) is 0 Å². The van der Waals surface area contributed by atoms with E-state index in [4.69, 9.17) is 0 Å². The summed E-state index contributed by atoms with van der Waals surface area (Å²) < 4.78 is 0. The number of rotatable bonds is 1. The molecule has 1 aromatic heterocycles. The molecule has 1 heterocycles. The Balaban J connectivity index is 2.46. The maximum atomic E-state index is 4.13. The van der Waals surface area contributed by atoms with Crippen molar-refractivity contribution in [2.24, 2.45) is 0 Å². The SMILES string of the molecule is C1=CC=CC=1c1cnccn1. The summed E-state index contributed by atoms with van der Waals surface area (Å²) in [5.74, 6) is 0. The van der Waals surface area contributed by atoms with Crippen LogP contribution in [0.3, 0.4) is 0 Å². The van der Waals surface area contributed by atoms with Crippen LogP contribution in [0, 0.1) is 0 Å².